The molecule has 1 amide bonds. The highest BCUT2D eigenvalue weighted by molar-refractivity contribution is 5.97. The third-order valence-corrected chi connectivity index (χ3v) is 5.27. The third kappa shape index (κ3) is 7.17. The Morgan fingerprint density at radius 2 is 1.71 bits per heavy atom. The van der Waals surface area contributed by atoms with Gasteiger partial charge in [0.2, 0.25) is 5.91 Å². The van der Waals surface area contributed by atoms with Crippen molar-refractivity contribution < 1.29 is 42.1 Å². The van der Waals surface area contributed by atoms with Gasteiger partial charge >= 0.3 is 11.9 Å². The number of pyridine rings is 1. The van der Waals surface area contributed by atoms with Crippen LogP contribution in [0.15, 0.2) is 54.4 Å². The molecule has 0 spiro atoms. The number of carbonyl (C=O) groups excluding carboxylic acids is 3. The van der Waals surface area contributed by atoms with E-state index in [1.165, 1.54) is 57.7 Å². The number of halogens is 2. The van der Waals surface area contributed by atoms with Crippen molar-refractivity contribution in [2.45, 2.75) is 19.6 Å². The number of benzene rings is 2. The Bertz CT molecular complexity index is 1350. The van der Waals surface area contributed by atoms with Crippen molar-refractivity contribution >= 4 is 34.7 Å². The summed E-state index contributed by atoms with van der Waals surface area (Å²) in [5.74, 6) is -2.57. The monoisotopic (exact) mass is 528 g/mol. The number of methoxy groups -OCH3 is 2. The second kappa shape index (κ2) is 13.4. The van der Waals surface area contributed by atoms with E-state index in [0.717, 1.165) is 6.42 Å². The molecule has 38 heavy (non-hydrogen) atoms. The minimum Gasteiger partial charge on any atom is -0.464 e. The summed E-state index contributed by atoms with van der Waals surface area (Å²) in [6, 6.07) is 10.5. The average molecular weight is 529 g/mol. The highest BCUT2D eigenvalue weighted by atomic mass is 19.1. The van der Waals surface area contributed by atoms with E-state index >= 15 is 0 Å². The van der Waals surface area contributed by atoms with Crippen LogP contribution in [0, 0.1) is 11.6 Å². The number of nitrogens with one attached hydrogen (secondary N) is 1. The van der Waals surface area contributed by atoms with Crippen LogP contribution in [0.1, 0.15) is 41.2 Å². The molecule has 0 radical (unpaired) electrons. The maximum Gasteiger partial charge on any atom is 0.356 e. The van der Waals surface area contributed by atoms with Crippen molar-refractivity contribution in [3.63, 3.8) is 0 Å². The van der Waals surface area contributed by atoms with Crippen LogP contribution in [0.2, 0.25) is 0 Å². The van der Waals surface area contributed by atoms with E-state index < -0.39 is 30.0 Å². The highest BCUT2D eigenvalue weighted by Crippen LogP contribution is 2.29. The summed E-state index contributed by atoms with van der Waals surface area (Å²) in [5, 5.41) is 3.40. The molecule has 200 valence electrons. The summed E-state index contributed by atoms with van der Waals surface area (Å²) < 4.78 is 47.5. The lowest BCUT2D eigenvalue weighted by atomic mass is 10.0. The lowest BCUT2D eigenvalue weighted by Gasteiger charge is -2.25. The standard InChI is InChI=1S/C16H18FNO5.C11H8FNO2/c1-10(19)18-13(15(20)21-2)9-11-5-3-6-12(17)14(11)16-22-7-4-8-23-16;1-15-11(14)10-5-7-3-2-4-9(12)8(7)6-13-10/h3,5-6,9,16H,4,7-8H2,1-2H3,(H,18,19);2-6H,1H3. The Morgan fingerprint density at radius 1 is 1.03 bits per heavy atom. The summed E-state index contributed by atoms with van der Waals surface area (Å²) in [7, 11) is 2.47. The molecule has 2 aromatic carbocycles. The number of rotatable bonds is 5. The summed E-state index contributed by atoms with van der Waals surface area (Å²) in [4.78, 5) is 38.0. The van der Waals surface area contributed by atoms with Gasteiger partial charge in [-0.05, 0) is 41.6 Å². The molecule has 1 aliphatic heterocycles. The first kappa shape index (κ1) is 28.4. The first-order valence-corrected chi connectivity index (χ1v) is 11.5. The van der Waals surface area contributed by atoms with E-state index in [9.17, 15) is 23.2 Å². The van der Waals surface area contributed by atoms with Crippen molar-refractivity contribution in [3.8, 4) is 0 Å². The molecule has 0 atom stereocenters. The predicted molar refractivity (Wildman–Crippen MR) is 133 cm³/mol. The highest BCUT2D eigenvalue weighted by Gasteiger charge is 2.24. The normalized spacial score (nSPS) is 13.8. The zero-order valence-electron chi connectivity index (χ0n) is 21.0. The van der Waals surface area contributed by atoms with E-state index in [1.807, 2.05) is 0 Å². The number of aromatic nitrogens is 1. The Labute approximate surface area is 217 Å². The largest absolute Gasteiger partial charge is 0.464 e. The van der Waals surface area contributed by atoms with Crippen LogP contribution in [0.5, 0.6) is 0 Å². The van der Waals surface area contributed by atoms with E-state index in [2.05, 4.69) is 19.8 Å². The van der Waals surface area contributed by atoms with Gasteiger partial charge in [-0.25, -0.2) is 23.4 Å². The molecule has 1 saturated heterocycles. The molecule has 4 rings (SSSR count). The van der Waals surface area contributed by atoms with Gasteiger partial charge in [-0.3, -0.25) is 4.79 Å². The van der Waals surface area contributed by atoms with Crippen LogP contribution in [-0.2, 0) is 28.5 Å². The van der Waals surface area contributed by atoms with Gasteiger partial charge in [0.05, 0.1) is 33.0 Å². The van der Waals surface area contributed by atoms with Crippen molar-refractivity contribution in [2.75, 3.05) is 27.4 Å². The molecule has 0 bridgehead atoms. The first-order chi connectivity index (χ1) is 18.2. The molecule has 1 N–H and O–H groups in total. The Kier molecular flexibility index (Phi) is 9.97. The fourth-order valence-electron chi connectivity index (χ4n) is 3.53. The smallest absolute Gasteiger partial charge is 0.356 e. The van der Waals surface area contributed by atoms with Gasteiger partial charge in [0.25, 0.3) is 0 Å². The minimum absolute atomic E-state index is 0.0948. The molecule has 11 heteroatoms. The van der Waals surface area contributed by atoms with Gasteiger partial charge in [-0.2, -0.15) is 0 Å². The predicted octanol–water partition coefficient (Wildman–Crippen LogP) is 4.07. The lowest BCUT2D eigenvalue weighted by Crippen LogP contribution is -2.26. The van der Waals surface area contributed by atoms with Gasteiger partial charge in [-0.15, -0.1) is 0 Å². The molecule has 2 heterocycles. The minimum atomic E-state index is -0.854. The zero-order chi connectivity index (χ0) is 27.7. The topological polar surface area (TPSA) is 113 Å². The van der Waals surface area contributed by atoms with Crippen LogP contribution in [0.4, 0.5) is 8.78 Å². The molecule has 0 aliphatic carbocycles. The van der Waals surface area contributed by atoms with E-state index in [0.29, 0.717) is 29.5 Å². The van der Waals surface area contributed by atoms with Crippen molar-refractivity contribution in [3.05, 3.63) is 82.8 Å². The molecule has 9 nitrogen and oxygen atoms in total. The van der Waals surface area contributed by atoms with Crippen LogP contribution in [0.25, 0.3) is 16.8 Å². The number of hydrogen-bond donors (Lipinski definition) is 1. The molecule has 3 aromatic rings. The summed E-state index contributed by atoms with van der Waals surface area (Å²) in [6.07, 6.45) is 2.55. The van der Waals surface area contributed by atoms with Crippen molar-refractivity contribution in [1.82, 2.24) is 10.3 Å². The van der Waals surface area contributed by atoms with Gasteiger partial charge in [-0.1, -0.05) is 24.3 Å². The summed E-state index contributed by atoms with van der Waals surface area (Å²) >= 11 is 0. The number of esters is 2. The maximum atomic E-state index is 14.2. The second-order valence-corrected chi connectivity index (χ2v) is 7.92. The molecular weight excluding hydrogens is 502 g/mol. The molecule has 1 aliphatic rings. The molecular formula is C27H26F2N2O7. The van der Waals surface area contributed by atoms with Gasteiger partial charge < -0.3 is 24.3 Å². The number of amides is 1. The number of ether oxygens (including phenoxy) is 4. The van der Waals surface area contributed by atoms with E-state index in [1.54, 1.807) is 18.2 Å². The molecule has 0 saturated carbocycles. The van der Waals surface area contributed by atoms with Gasteiger partial charge in [0.1, 0.15) is 23.0 Å². The number of nitrogens with zero attached hydrogens (tertiary/aromatic N) is 1. The maximum absolute atomic E-state index is 14.2. The van der Waals surface area contributed by atoms with Crippen molar-refractivity contribution in [2.24, 2.45) is 0 Å². The molecule has 1 fully saturated rings. The van der Waals surface area contributed by atoms with Crippen LogP contribution in [-0.4, -0.2) is 50.3 Å². The average Bonchev–Trinajstić information content (AvgIpc) is 2.92. The molecule has 1 aromatic heterocycles. The Balaban J connectivity index is 0.000000230. The van der Waals surface area contributed by atoms with E-state index in [-0.39, 0.29) is 22.8 Å². The van der Waals surface area contributed by atoms with Crippen molar-refractivity contribution in [1.29, 1.82) is 0 Å². The summed E-state index contributed by atoms with van der Waals surface area (Å²) in [6.45, 7) is 2.17. The van der Waals surface area contributed by atoms with E-state index in [4.69, 9.17) is 9.47 Å². The molecule has 0 unspecified atom stereocenters. The quantitative estimate of drug-likeness (QED) is 0.390. The number of hydrogen-bond acceptors (Lipinski definition) is 8. The third-order valence-electron chi connectivity index (χ3n) is 5.27. The zero-order valence-corrected chi connectivity index (χ0v) is 21.0. The van der Waals surface area contributed by atoms with Gasteiger partial charge in [0.15, 0.2) is 6.29 Å². The fraction of sp³-hybridized carbons (Fsp3) is 0.259. The second-order valence-electron chi connectivity index (χ2n) is 7.92. The number of fused-ring (bicyclic) bond motifs is 1. The van der Waals surface area contributed by atoms with Crippen LogP contribution >= 0.6 is 0 Å². The Morgan fingerprint density at radius 3 is 2.37 bits per heavy atom. The lowest BCUT2D eigenvalue weighted by molar-refractivity contribution is -0.184. The SMILES string of the molecule is COC(=O)C(=Cc1cccc(F)c1C1OCCCO1)NC(C)=O.COC(=O)c1cc2cccc(F)c2cn1. The summed E-state index contributed by atoms with van der Waals surface area (Å²) in [5.41, 5.74) is 0.628. The number of carbonyl (C=O) groups is 3. The Hall–Kier alpha value is -4.22. The fourth-order valence-corrected chi connectivity index (χ4v) is 3.53. The van der Waals surface area contributed by atoms with Gasteiger partial charge in [0, 0.05) is 18.5 Å². The van der Waals surface area contributed by atoms with Crippen LogP contribution in [0.3, 0.4) is 0 Å². The first-order valence-electron chi connectivity index (χ1n) is 11.5. The van der Waals surface area contributed by atoms with Crippen LogP contribution < -0.4 is 5.32 Å².